The van der Waals surface area contributed by atoms with E-state index in [-0.39, 0.29) is 12.1 Å². The van der Waals surface area contributed by atoms with Crippen molar-refractivity contribution in [3.8, 4) is 11.4 Å². The molecule has 1 aliphatic heterocycles. The van der Waals surface area contributed by atoms with E-state index in [1.807, 2.05) is 42.6 Å². The van der Waals surface area contributed by atoms with E-state index in [4.69, 9.17) is 21.7 Å². The van der Waals surface area contributed by atoms with Crippen molar-refractivity contribution < 1.29 is 9.47 Å². The Labute approximate surface area is 176 Å². The maximum absolute atomic E-state index is 5.68. The lowest BCUT2D eigenvalue weighted by Crippen LogP contribution is -2.33. The average molecular weight is 409 g/mol. The number of thiocarbonyl (C=S) groups is 1. The summed E-state index contributed by atoms with van der Waals surface area (Å²) in [6.45, 7) is 1.28. The number of nitrogens with one attached hydrogen (secondary N) is 1. The highest BCUT2D eigenvalue weighted by Gasteiger charge is 2.41. The number of benzene rings is 1. The number of hydrogen-bond donors (Lipinski definition) is 1. The normalized spacial score (nSPS) is 18.7. The van der Waals surface area contributed by atoms with Gasteiger partial charge >= 0.3 is 0 Å². The molecule has 0 amide bonds. The molecule has 0 radical (unpaired) electrons. The SMILES string of the molecule is COCCN1C(=S)N[C@@H](c2ccccn2)[C@@H]1c1cccn1-c1cccc(OC)c1. The molecule has 1 aliphatic rings. The molecule has 0 aliphatic carbocycles. The van der Waals surface area contributed by atoms with E-state index in [0.717, 1.165) is 22.8 Å². The quantitative estimate of drug-likeness (QED) is 0.604. The highest BCUT2D eigenvalue weighted by molar-refractivity contribution is 7.80. The number of aromatic nitrogens is 2. The second-order valence-electron chi connectivity index (χ2n) is 6.82. The fraction of sp³-hybridized carbons (Fsp3) is 0.273. The molecule has 3 heterocycles. The molecule has 1 N–H and O–H groups in total. The molecule has 1 aromatic carbocycles. The minimum atomic E-state index is -0.0557. The van der Waals surface area contributed by atoms with Crippen molar-refractivity contribution >= 4 is 17.3 Å². The van der Waals surface area contributed by atoms with Crippen LogP contribution in [-0.4, -0.2) is 46.9 Å². The zero-order valence-corrected chi connectivity index (χ0v) is 17.3. The van der Waals surface area contributed by atoms with Gasteiger partial charge in [-0.3, -0.25) is 4.98 Å². The molecule has 150 valence electrons. The molecule has 1 saturated heterocycles. The van der Waals surface area contributed by atoms with Crippen LogP contribution in [0.5, 0.6) is 5.75 Å². The van der Waals surface area contributed by atoms with Gasteiger partial charge < -0.3 is 24.3 Å². The smallest absolute Gasteiger partial charge is 0.170 e. The molecule has 6 nitrogen and oxygen atoms in total. The van der Waals surface area contributed by atoms with Crippen molar-refractivity contribution in [3.63, 3.8) is 0 Å². The van der Waals surface area contributed by atoms with E-state index >= 15 is 0 Å². The number of rotatable bonds is 7. The molecule has 0 saturated carbocycles. The fourth-order valence-electron chi connectivity index (χ4n) is 3.79. The lowest BCUT2D eigenvalue weighted by molar-refractivity contribution is 0.163. The Bertz CT molecular complexity index is 976. The number of methoxy groups -OCH3 is 2. The van der Waals surface area contributed by atoms with Gasteiger partial charge in [-0.05, 0) is 48.6 Å². The Balaban J connectivity index is 1.78. The predicted octanol–water partition coefficient (Wildman–Crippen LogP) is 3.50. The molecular weight excluding hydrogens is 384 g/mol. The summed E-state index contributed by atoms with van der Waals surface area (Å²) in [7, 11) is 3.38. The summed E-state index contributed by atoms with van der Waals surface area (Å²) in [5.41, 5.74) is 3.11. The fourth-order valence-corrected chi connectivity index (χ4v) is 4.12. The Morgan fingerprint density at radius 3 is 2.76 bits per heavy atom. The van der Waals surface area contributed by atoms with E-state index in [0.29, 0.717) is 18.3 Å². The lowest BCUT2D eigenvalue weighted by Gasteiger charge is -2.28. The third kappa shape index (κ3) is 3.83. The number of hydrogen-bond acceptors (Lipinski definition) is 4. The van der Waals surface area contributed by atoms with Crippen LogP contribution in [0.25, 0.3) is 5.69 Å². The first-order valence-electron chi connectivity index (χ1n) is 9.51. The molecule has 0 unspecified atom stereocenters. The summed E-state index contributed by atoms with van der Waals surface area (Å²) in [5, 5.41) is 4.18. The first-order valence-corrected chi connectivity index (χ1v) is 9.92. The molecule has 0 spiro atoms. The van der Waals surface area contributed by atoms with Crippen LogP contribution >= 0.6 is 12.2 Å². The van der Waals surface area contributed by atoms with Gasteiger partial charge in [0.05, 0.1) is 31.5 Å². The zero-order chi connectivity index (χ0) is 20.2. The number of nitrogens with zero attached hydrogens (tertiary/aromatic N) is 3. The maximum Gasteiger partial charge on any atom is 0.170 e. The van der Waals surface area contributed by atoms with Crippen molar-refractivity contribution in [1.82, 2.24) is 19.8 Å². The molecule has 7 heteroatoms. The summed E-state index contributed by atoms with van der Waals surface area (Å²) in [5.74, 6) is 0.819. The van der Waals surface area contributed by atoms with Crippen molar-refractivity contribution in [1.29, 1.82) is 0 Å². The molecule has 0 bridgehead atoms. The topological polar surface area (TPSA) is 51.5 Å². The van der Waals surface area contributed by atoms with Crippen LogP contribution in [-0.2, 0) is 4.74 Å². The number of pyridine rings is 1. The van der Waals surface area contributed by atoms with Gasteiger partial charge in [0.25, 0.3) is 0 Å². The summed E-state index contributed by atoms with van der Waals surface area (Å²) < 4.78 is 12.9. The van der Waals surface area contributed by atoms with Crippen LogP contribution < -0.4 is 10.1 Å². The molecular formula is C22H24N4O2S. The largest absolute Gasteiger partial charge is 0.497 e. The van der Waals surface area contributed by atoms with Crippen LogP contribution in [0.1, 0.15) is 23.5 Å². The maximum atomic E-state index is 5.68. The minimum absolute atomic E-state index is 0.0197. The minimum Gasteiger partial charge on any atom is -0.497 e. The molecule has 2 aromatic heterocycles. The summed E-state index contributed by atoms with van der Waals surface area (Å²) >= 11 is 5.68. The van der Waals surface area contributed by atoms with Gasteiger partial charge in [0, 0.05) is 43.5 Å². The monoisotopic (exact) mass is 408 g/mol. The molecule has 2 atom stereocenters. The van der Waals surface area contributed by atoms with Gasteiger partial charge in [-0.15, -0.1) is 0 Å². The van der Waals surface area contributed by atoms with Gasteiger partial charge in [0.15, 0.2) is 5.11 Å². The highest BCUT2D eigenvalue weighted by Crippen LogP contribution is 2.39. The molecule has 4 rings (SSSR count). The van der Waals surface area contributed by atoms with Crippen LogP contribution in [0, 0.1) is 0 Å². The second kappa shape index (κ2) is 8.63. The lowest BCUT2D eigenvalue weighted by atomic mass is 10.0. The first-order chi connectivity index (χ1) is 14.2. The van der Waals surface area contributed by atoms with E-state index in [2.05, 4.69) is 44.2 Å². The van der Waals surface area contributed by atoms with Gasteiger partial charge in [-0.1, -0.05) is 12.1 Å². The summed E-state index contributed by atoms with van der Waals surface area (Å²) in [4.78, 5) is 6.78. The second-order valence-corrected chi connectivity index (χ2v) is 7.20. The van der Waals surface area contributed by atoms with Crippen LogP contribution in [0.2, 0.25) is 0 Å². The first kappa shape index (κ1) is 19.4. The van der Waals surface area contributed by atoms with Crippen molar-refractivity contribution in [2.24, 2.45) is 0 Å². The Morgan fingerprint density at radius 2 is 2.00 bits per heavy atom. The van der Waals surface area contributed by atoms with E-state index in [1.165, 1.54) is 0 Å². The van der Waals surface area contributed by atoms with E-state index in [1.54, 1.807) is 14.2 Å². The van der Waals surface area contributed by atoms with Crippen molar-refractivity contribution in [2.45, 2.75) is 12.1 Å². The van der Waals surface area contributed by atoms with Gasteiger partial charge in [-0.25, -0.2) is 0 Å². The van der Waals surface area contributed by atoms with Crippen LogP contribution in [0.4, 0.5) is 0 Å². The number of ether oxygens (including phenoxy) is 2. The van der Waals surface area contributed by atoms with E-state index in [9.17, 15) is 0 Å². The Morgan fingerprint density at radius 1 is 1.10 bits per heavy atom. The van der Waals surface area contributed by atoms with Gasteiger partial charge in [0.1, 0.15) is 5.75 Å². The highest BCUT2D eigenvalue weighted by atomic mass is 32.1. The molecule has 3 aromatic rings. The van der Waals surface area contributed by atoms with Gasteiger partial charge in [0.2, 0.25) is 0 Å². The molecule has 29 heavy (non-hydrogen) atoms. The van der Waals surface area contributed by atoms with Crippen molar-refractivity contribution in [2.75, 3.05) is 27.4 Å². The Hall–Kier alpha value is -2.90. The van der Waals surface area contributed by atoms with Crippen molar-refractivity contribution in [3.05, 3.63) is 78.4 Å². The zero-order valence-electron chi connectivity index (χ0n) is 16.5. The third-order valence-corrected chi connectivity index (χ3v) is 5.50. The average Bonchev–Trinajstić information content (AvgIpc) is 3.37. The molecule has 1 fully saturated rings. The van der Waals surface area contributed by atoms with Crippen LogP contribution in [0.3, 0.4) is 0 Å². The van der Waals surface area contributed by atoms with Gasteiger partial charge in [-0.2, -0.15) is 0 Å². The summed E-state index contributed by atoms with van der Waals surface area (Å²) in [6.07, 6.45) is 3.88. The summed E-state index contributed by atoms with van der Waals surface area (Å²) in [6, 6.07) is 18.1. The standard InChI is InChI=1S/C22H24N4O2S/c1-27-14-13-26-21(20(24-22(26)29)18-9-3-4-11-23-18)19-10-6-12-25(19)16-7-5-8-17(15-16)28-2/h3-12,15,20-21H,13-14H2,1-2H3,(H,24,29)/t20-,21-/m0/s1. The predicted molar refractivity (Wildman–Crippen MR) is 116 cm³/mol. The Kier molecular flexibility index (Phi) is 5.78. The van der Waals surface area contributed by atoms with E-state index < -0.39 is 0 Å². The third-order valence-electron chi connectivity index (χ3n) is 5.15. The van der Waals surface area contributed by atoms with Crippen LogP contribution in [0.15, 0.2) is 67.0 Å².